The van der Waals surface area contributed by atoms with Gasteiger partial charge in [-0.15, -0.1) is 11.3 Å². The summed E-state index contributed by atoms with van der Waals surface area (Å²) in [5.74, 6) is 0.926. The van der Waals surface area contributed by atoms with Gasteiger partial charge < -0.3 is 10.1 Å². The molecule has 1 atom stereocenters. The van der Waals surface area contributed by atoms with Gasteiger partial charge in [-0.25, -0.2) is 4.98 Å². The Kier molecular flexibility index (Phi) is 4.33. The summed E-state index contributed by atoms with van der Waals surface area (Å²) in [6.45, 7) is 4.75. The van der Waals surface area contributed by atoms with Crippen molar-refractivity contribution in [2.45, 2.75) is 26.5 Å². The minimum Gasteiger partial charge on any atom is -0.487 e. The fraction of sp³-hybridized carbons (Fsp3) is 0.357. The van der Waals surface area contributed by atoms with Crippen LogP contribution in [0, 0.1) is 6.92 Å². The van der Waals surface area contributed by atoms with Crippen molar-refractivity contribution in [1.29, 1.82) is 0 Å². The Morgan fingerprint density at radius 3 is 2.94 bits per heavy atom. The zero-order chi connectivity index (χ0) is 13.0. The number of ether oxygens (including phenoxy) is 1. The largest absolute Gasteiger partial charge is 0.487 e. The van der Waals surface area contributed by atoms with Crippen molar-refractivity contribution in [3.8, 4) is 5.75 Å². The molecule has 0 bridgehead atoms. The molecule has 0 aliphatic carbocycles. The molecule has 1 aromatic heterocycles. The van der Waals surface area contributed by atoms with Crippen LogP contribution in [0.4, 0.5) is 0 Å². The van der Waals surface area contributed by atoms with Crippen molar-refractivity contribution in [1.82, 2.24) is 10.3 Å². The van der Waals surface area contributed by atoms with Crippen molar-refractivity contribution < 1.29 is 4.74 Å². The highest BCUT2D eigenvalue weighted by Crippen LogP contribution is 2.26. The van der Waals surface area contributed by atoms with Crippen molar-refractivity contribution in [3.63, 3.8) is 0 Å². The highest BCUT2D eigenvalue weighted by molar-refractivity contribution is 7.07. The molecule has 0 radical (unpaired) electrons. The second kappa shape index (κ2) is 5.98. The number of hydrogen-bond acceptors (Lipinski definition) is 4. The first-order valence-electron chi connectivity index (χ1n) is 5.98. The Bertz CT molecular complexity index is 497. The van der Waals surface area contributed by atoms with Gasteiger partial charge in [0.15, 0.2) is 0 Å². The summed E-state index contributed by atoms with van der Waals surface area (Å²) in [5, 5.41) is 5.26. The molecule has 1 aromatic carbocycles. The Balaban J connectivity index is 2.16. The van der Waals surface area contributed by atoms with Crippen molar-refractivity contribution in [3.05, 3.63) is 45.9 Å². The number of aryl methyl sites for hydroxylation is 1. The molecule has 1 unspecified atom stereocenters. The zero-order valence-electron chi connectivity index (χ0n) is 10.9. The van der Waals surface area contributed by atoms with E-state index in [2.05, 4.69) is 36.3 Å². The number of thiazole rings is 1. The van der Waals surface area contributed by atoms with E-state index in [1.54, 1.807) is 11.3 Å². The summed E-state index contributed by atoms with van der Waals surface area (Å²) in [5.41, 5.74) is 5.23. The van der Waals surface area contributed by atoms with E-state index in [-0.39, 0.29) is 6.04 Å². The second-order valence-corrected chi connectivity index (χ2v) is 5.04. The Labute approximate surface area is 112 Å². The lowest BCUT2D eigenvalue weighted by molar-refractivity contribution is 0.296. The second-order valence-electron chi connectivity index (χ2n) is 4.32. The normalized spacial score (nSPS) is 12.4. The highest BCUT2D eigenvalue weighted by atomic mass is 32.1. The molecular weight excluding hydrogens is 244 g/mol. The Hall–Kier alpha value is -1.39. The zero-order valence-corrected chi connectivity index (χ0v) is 11.8. The van der Waals surface area contributed by atoms with Gasteiger partial charge >= 0.3 is 0 Å². The molecule has 4 heteroatoms. The van der Waals surface area contributed by atoms with Gasteiger partial charge in [0.05, 0.1) is 11.2 Å². The van der Waals surface area contributed by atoms with Crippen molar-refractivity contribution >= 4 is 11.3 Å². The first-order chi connectivity index (χ1) is 8.70. The van der Waals surface area contributed by atoms with E-state index in [1.807, 2.05) is 24.0 Å². The number of hydrogen-bond donors (Lipinski definition) is 1. The summed E-state index contributed by atoms with van der Waals surface area (Å²) in [7, 11) is 1.96. The van der Waals surface area contributed by atoms with Crippen LogP contribution in [0.15, 0.2) is 29.1 Å². The van der Waals surface area contributed by atoms with Crippen LogP contribution in [0.1, 0.15) is 29.8 Å². The quantitative estimate of drug-likeness (QED) is 0.897. The molecule has 1 N–H and O–H groups in total. The van der Waals surface area contributed by atoms with Crippen LogP contribution in [0.25, 0.3) is 0 Å². The average molecular weight is 262 g/mol. The molecule has 0 spiro atoms. The molecule has 1 heterocycles. The summed E-state index contributed by atoms with van der Waals surface area (Å²) >= 11 is 1.59. The first kappa shape index (κ1) is 13.1. The SMILES string of the molecule is CNC(C)c1cc(C)ccc1OCc1cscn1. The van der Waals surface area contributed by atoms with Gasteiger partial charge in [0.2, 0.25) is 0 Å². The molecule has 0 aliphatic heterocycles. The van der Waals surface area contributed by atoms with Crippen molar-refractivity contribution in [2.75, 3.05) is 7.05 Å². The van der Waals surface area contributed by atoms with Crippen LogP contribution in [0.2, 0.25) is 0 Å². The maximum atomic E-state index is 5.86. The monoisotopic (exact) mass is 262 g/mol. The van der Waals surface area contributed by atoms with Gasteiger partial charge in [0.1, 0.15) is 12.4 Å². The molecule has 2 aromatic rings. The Morgan fingerprint density at radius 2 is 2.28 bits per heavy atom. The summed E-state index contributed by atoms with van der Waals surface area (Å²) in [4.78, 5) is 4.22. The first-order valence-corrected chi connectivity index (χ1v) is 6.92. The average Bonchev–Trinajstić information content (AvgIpc) is 2.89. The van der Waals surface area contributed by atoms with E-state index in [9.17, 15) is 0 Å². The fourth-order valence-electron chi connectivity index (χ4n) is 1.75. The van der Waals surface area contributed by atoms with Gasteiger partial charge in [-0.1, -0.05) is 17.7 Å². The smallest absolute Gasteiger partial charge is 0.131 e. The van der Waals surface area contributed by atoms with Crippen LogP contribution < -0.4 is 10.1 Å². The molecule has 3 nitrogen and oxygen atoms in total. The van der Waals surface area contributed by atoms with E-state index >= 15 is 0 Å². The lowest BCUT2D eigenvalue weighted by atomic mass is 10.0. The minimum atomic E-state index is 0.273. The summed E-state index contributed by atoms with van der Waals surface area (Å²) < 4.78 is 5.86. The third kappa shape index (κ3) is 3.09. The fourth-order valence-corrected chi connectivity index (χ4v) is 2.30. The van der Waals surface area contributed by atoms with E-state index in [4.69, 9.17) is 4.74 Å². The predicted octanol–water partition coefficient (Wildman–Crippen LogP) is 3.31. The summed E-state index contributed by atoms with van der Waals surface area (Å²) in [6.07, 6.45) is 0. The molecule has 0 saturated heterocycles. The number of aromatic nitrogens is 1. The molecule has 0 aliphatic rings. The number of rotatable bonds is 5. The molecule has 0 fully saturated rings. The third-order valence-electron chi connectivity index (χ3n) is 2.92. The van der Waals surface area contributed by atoms with Crippen LogP contribution >= 0.6 is 11.3 Å². The van der Waals surface area contributed by atoms with Gasteiger partial charge in [-0.05, 0) is 27.0 Å². The topological polar surface area (TPSA) is 34.1 Å². The van der Waals surface area contributed by atoms with Crippen molar-refractivity contribution in [2.24, 2.45) is 0 Å². The van der Waals surface area contributed by atoms with E-state index in [0.717, 1.165) is 11.4 Å². The summed E-state index contributed by atoms with van der Waals surface area (Å²) in [6, 6.07) is 6.54. The molecule has 96 valence electrons. The van der Waals surface area contributed by atoms with Gasteiger partial charge in [-0.3, -0.25) is 0 Å². The van der Waals surface area contributed by atoms with E-state index < -0.39 is 0 Å². The standard InChI is InChI=1S/C14H18N2OS/c1-10-4-5-14(13(6-10)11(2)15-3)17-7-12-8-18-9-16-12/h4-6,8-9,11,15H,7H2,1-3H3. The highest BCUT2D eigenvalue weighted by Gasteiger charge is 2.10. The van der Waals surface area contributed by atoms with Crippen LogP contribution in [0.5, 0.6) is 5.75 Å². The van der Waals surface area contributed by atoms with Gasteiger partial charge in [-0.2, -0.15) is 0 Å². The van der Waals surface area contributed by atoms with Crippen LogP contribution in [-0.4, -0.2) is 12.0 Å². The van der Waals surface area contributed by atoms with Crippen LogP contribution in [0.3, 0.4) is 0 Å². The molecule has 0 amide bonds. The molecular formula is C14H18N2OS. The third-order valence-corrected chi connectivity index (χ3v) is 3.56. The number of nitrogens with one attached hydrogen (secondary N) is 1. The Morgan fingerprint density at radius 1 is 1.44 bits per heavy atom. The van der Waals surface area contributed by atoms with E-state index in [1.165, 1.54) is 11.1 Å². The van der Waals surface area contributed by atoms with Gasteiger partial charge in [0.25, 0.3) is 0 Å². The van der Waals surface area contributed by atoms with Gasteiger partial charge in [0, 0.05) is 17.0 Å². The maximum absolute atomic E-state index is 5.86. The molecule has 0 saturated carbocycles. The number of nitrogens with zero attached hydrogens (tertiary/aromatic N) is 1. The number of benzene rings is 1. The maximum Gasteiger partial charge on any atom is 0.131 e. The predicted molar refractivity (Wildman–Crippen MR) is 75.1 cm³/mol. The van der Waals surface area contributed by atoms with E-state index in [0.29, 0.717) is 6.61 Å². The minimum absolute atomic E-state index is 0.273. The molecule has 18 heavy (non-hydrogen) atoms. The lowest BCUT2D eigenvalue weighted by Gasteiger charge is -2.17. The van der Waals surface area contributed by atoms with Crippen LogP contribution in [-0.2, 0) is 6.61 Å². The lowest BCUT2D eigenvalue weighted by Crippen LogP contribution is -2.14. The molecule has 2 rings (SSSR count).